The molecule has 1 aromatic heterocycles. The van der Waals surface area contributed by atoms with E-state index in [4.69, 9.17) is 0 Å². The number of hydrogen-bond acceptors (Lipinski definition) is 3. The zero-order chi connectivity index (χ0) is 13.8. The average molecular weight is 281 g/mol. The Morgan fingerprint density at radius 1 is 1.37 bits per heavy atom. The molecule has 2 N–H and O–H groups in total. The number of thiophene rings is 1. The highest BCUT2D eigenvalue weighted by Gasteiger charge is 2.36. The SMILES string of the molecule is CC(NC(=O)C1CCCCC1C(=O)O)c1ccsc1. The molecule has 3 atom stereocenters. The molecule has 1 saturated carbocycles. The second kappa shape index (κ2) is 6.19. The first kappa shape index (κ1) is 14.1. The average Bonchev–Trinajstić information content (AvgIpc) is 2.92. The molecule has 1 fully saturated rings. The molecular formula is C14H19NO3S. The molecule has 4 nitrogen and oxygen atoms in total. The number of carboxylic acids is 1. The lowest BCUT2D eigenvalue weighted by Gasteiger charge is -2.28. The molecule has 0 bridgehead atoms. The molecule has 1 aromatic rings. The monoisotopic (exact) mass is 281 g/mol. The maximum Gasteiger partial charge on any atom is 0.307 e. The van der Waals surface area contributed by atoms with Gasteiger partial charge < -0.3 is 10.4 Å². The minimum absolute atomic E-state index is 0.0601. The predicted octanol–water partition coefficient (Wildman–Crippen LogP) is 2.82. The first-order valence-corrected chi connectivity index (χ1v) is 7.59. The molecule has 5 heteroatoms. The predicted molar refractivity (Wildman–Crippen MR) is 74.0 cm³/mol. The standard InChI is InChI=1S/C14H19NO3S/c1-9(10-6-7-19-8-10)15-13(16)11-4-2-3-5-12(11)14(17)18/h6-9,11-12H,2-5H2,1H3,(H,15,16)(H,17,18). The molecule has 1 amide bonds. The molecular weight excluding hydrogens is 262 g/mol. The van der Waals surface area contributed by atoms with E-state index in [1.165, 1.54) is 0 Å². The van der Waals surface area contributed by atoms with Crippen molar-refractivity contribution in [1.29, 1.82) is 0 Å². The van der Waals surface area contributed by atoms with Gasteiger partial charge in [-0.05, 0) is 42.2 Å². The number of carboxylic acid groups (broad SMARTS) is 1. The molecule has 0 spiro atoms. The van der Waals surface area contributed by atoms with Crippen molar-refractivity contribution in [2.24, 2.45) is 11.8 Å². The van der Waals surface area contributed by atoms with Crippen molar-refractivity contribution in [2.45, 2.75) is 38.6 Å². The Bertz CT molecular complexity index is 444. The fourth-order valence-corrected chi connectivity index (χ4v) is 3.42. The highest BCUT2D eigenvalue weighted by molar-refractivity contribution is 7.07. The van der Waals surface area contributed by atoms with Crippen LogP contribution in [0.1, 0.15) is 44.2 Å². The Balaban J connectivity index is 2.00. The van der Waals surface area contributed by atoms with Crippen LogP contribution in [-0.4, -0.2) is 17.0 Å². The second-order valence-electron chi connectivity index (χ2n) is 5.12. The molecule has 3 unspecified atom stereocenters. The van der Waals surface area contributed by atoms with Gasteiger partial charge in [-0.15, -0.1) is 0 Å². The van der Waals surface area contributed by atoms with E-state index < -0.39 is 11.9 Å². The van der Waals surface area contributed by atoms with Crippen LogP contribution in [0.3, 0.4) is 0 Å². The fourth-order valence-electron chi connectivity index (χ4n) is 2.67. The minimum atomic E-state index is -0.844. The molecule has 0 saturated heterocycles. The number of hydrogen-bond donors (Lipinski definition) is 2. The van der Waals surface area contributed by atoms with Crippen LogP contribution in [0.2, 0.25) is 0 Å². The Labute approximate surface area is 116 Å². The minimum Gasteiger partial charge on any atom is -0.481 e. The fraction of sp³-hybridized carbons (Fsp3) is 0.571. The Morgan fingerprint density at radius 2 is 2.05 bits per heavy atom. The van der Waals surface area contributed by atoms with Gasteiger partial charge in [0.1, 0.15) is 0 Å². The number of nitrogens with one attached hydrogen (secondary N) is 1. The summed E-state index contributed by atoms with van der Waals surface area (Å²) in [6.07, 6.45) is 3.13. The van der Waals surface area contributed by atoms with E-state index in [1.54, 1.807) is 11.3 Å². The lowest BCUT2D eigenvalue weighted by molar-refractivity contribution is -0.149. The van der Waals surface area contributed by atoms with E-state index in [2.05, 4.69) is 5.32 Å². The van der Waals surface area contributed by atoms with Gasteiger partial charge in [0.05, 0.1) is 17.9 Å². The van der Waals surface area contributed by atoms with E-state index in [0.717, 1.165) is 18.4 Å². The third-order valence-corrected chi connectivity index (χ3v) is 4.52. The number of rotatable bonds is 4. The van der Waals surface area contributed by atoms with Gasteiger partial charge in [-0.2, -0.15) is 11.3 Å². The van der Waals surface area contributed by atoms with Crippen LogP contribution in [-0.2, 0) is 9.59 Å². The van der Waals surface area contributed by atoms with Gasteiger partial charge in [-0.3, -0.25) is 9.59 Å². The number of amides is 1. The Hall–Kier alpha value is -1.36. The molecule has 0 radical (unpaired) electrons. The van der Waals surface area contributed by atoms with Crippen LogP contribution in [0.5, 0.6) is 0 Å². The van der Waals surface area contributed by atoms with Crippen LogP contribution in [0.4, 0.5) is 0 Å². The summed E-state index contributed by atoms with van der Waals surface area (Å²) in [5, 5.41) is 16.1. The van der Waals surface area contributed by atoms with Gasteiger partial charge in [0, 0.05) is 0 Å². The molecule has 104 valence electrons. The summed E-state index contributed by atoms with van der Waals surface area (Å²) < 4.78 is 0. The molecule has 2 rings (SSSR count). The molecule has 1 aliphatic carbocycles. The first-order chi connectivity index (χ1) is 9.09. The van der Waals surface area contributed by atoms with E-state index in [-0.39, 0.29) is 17.9 Å². The summed E-state index contributed by atoms with van der Waals surface area (Å²) in [5.74, 6) is -1.87. The van der Waals surface area contributed by atoms with Crippen molar-refractivity contribution in [2.75, 3.05) is 0 Å². The lowest BCUT2D eigenvalue weighted by atomic mass is 9.78. The number of carbonyl (C=O) groups is 2. The summed E-state index contributed by atoms with van der Waals surface area (Å²) >= 11 is 1.59. The van der Waals surface area contributed by atoms with Gasteiger partial charge in [-0.25, -0.2) is 0 Å². The van der Waals surface area contributed by atoms with Gasteiger partial charge in [-0.1, -0.05) is 12.8 Å². The molecule has 19 heavy (non-hydrogen) atoms. The van der Waals surface area contributed by atoms with Gasteiger partial charge in [0.25, 0.3) is 0 Å². The Kier molecular flexibility index (Phi) is 4.58. The van der Waals surface area contributed by atoms with Crippen molar-refractivity contribution in [3.8, 4) is 0 Å². The summed E-state index contributed by atoms with van der Waals surface area (Å²) in [6, 6.07) is 1.92. The third kappa shape index (κ3) is 3.35. The zero-order valence-electron chi connectivity index (χ0n) is 11.0. The van der Waals surface area contributed by atoms with Gasteiger partial charge in [0.15, 0.2) is 0 Å². The molecule has 1 heterocycles. The van der Waals surface area contributed by atoms with Crippen molar-refractivity contribution in [1.82, 2.24) is 5.32 Å². The summed E-state index contributed by atoms with van der Waals surface area (Å²) in [7, 11) is 0. The van der Waals surface area contributed by atoms with Gasteiger partial charge in [0.2, 0.25) is 5.91 Å². The Morgan fingerprint density at radius 3 is 2.63 bits per heavy atom. The van der Waals surface area contributed by atoms with Crippen LogP contribution in [0.25, 0.3) is 0 Å². The third-order valence-electron chi connectivity index (χ3n) is 3.82. The van der Waals surface area contributed by atoms with Crippen molar-refractivity contribution < 1.29 is 14.7 Å². The maximum absolute atomic E-state index is 12.2. The smallest absolute Gasteiger partial charge is 0.307 e. The van der Waals surface area contributed by atoms with Crippen molar-refractivity contribution in [3.63, 3.8) is 0 Å². The van der Waals surface area contributed by atoms with Crippen molar-refractivity contribution in [3.05, 3.63) is 22.4 Å². The van der Waals surface area contributed by atoms with Crippen LogP contribution in [0.15, 0.2) is 16.8 Å². The highest BCUT2D eigenvalue weighted by Crippen LogP contribution is 2.31. The largest absolute Gasteiger partial charge is 0.481 e. The van der Waals surface area contributed by atoms with Crippen LogP contribution in [0, 0.1) is 11.8 Å². The summed E-state index contributed by atoms with van der Waals surface area (Å²) in [6.45, 7) is 1.93. The van der Waals surface area contributed by atoms with E-state index >= 15 is 0 Å². The molecule has 0 aliphatic heterocycles. The van der Waals surface area contributed by atoms with E-state index in [0.29, 0.717) is 12.8 Å². The summed E-state index contributed by atoms with van der Waals surface area (Å²) in [5.41, 5.74) is 1.07. The quantitative estimate of drug-likeness (QED) is 0.891. The molecule has 1 aliphatic rings. The lowest BCUT2D eigenvalue weighted by Crippen LogP contribution is -2.40. The summed E-state index contributed by atoms with van der Waals surface area (Å²) in [4.78, 5) is 23.5. The second-order valence-corrected chi connectivity index (χ2v) is 5.90. The van der Waals surface area contributed by atoms with E-state index in [9.17, 15) is 14.7 Å². The first-order valence-electron chi connectivity index (χ1n) is 6.65. The number of aliphatic carboxylic acids is 1. The number of carbonyl (C=O) groups excluding carboxylic acids is 1. The van der Waals surface area contributed by atoms with Crippen molar-refractivity contribution >= 4 is 23.2 Å². The van der Waals surface area contributed by atoms with E-state index in [1.807, 2.05) is 23.8 Å². The van der Waals surface area contributed by atoms with Gasteiger partial charge >= 0.3 is 5.97 Å². The molecule has 0 aromatic carbocycles. The normalized spacial score (nSPS) is 24.7. The maximum atomic E-state index is 12.2. The highest BCUT2D eigenvalue weighted by atomic mass is 32.1. The topological polar surface area (TPSA) is 66.4 Å². The van der Waals surface area contributed by atoms with Crippen LogP contribution >= 0.6 is 11.3 Å². The van der Waals surface area contributed by atoms with Crippen LogP contribution < -0.4 is 5.32 Å². The zero-order valence-corrected chi connectivity index (χ0v) is 11.8.